The molecule has 7 heteroatoms. The first-order valence-corrected chi connectivity index (χ1v) is 13.8. The number of nitrogens with one attached hydrogen (secondary N) is 1. The molecule has 0 saturated carbocycles. The third-order valence-corrected chi connectivity index (χ3v) is 8.50. The third kappa shape index (κ3) is 5.15. The zero-order valence-electron chi connectivity index (χ0n) is 20.2. The van der Waals surface area contributed by atoms with Gasteiger partial charge < -0.3 is 10.2 Å². The smallest absolute Gasteiger partial charge is 0.247 e. The Morgan fingerprint density at radius 3 is 2.29 bits per heavy atom. The zero-order chi connectivity index (χ0) is 24.6. The number of amides is 2. The van der Waals surface area contributed by atoms with Crippen LogP contribution >= 0.6 is 27.3 Å². The van der Waals surface area contributed by atoms with Gasteiger partial charge in [-0.25, -0.2) is 0 Å². The van der Waals surface area contributed by atoms with Crippen LogP contribution in [0.15, 0.2) is 40.2 Å². The van der Waals surface area contributed by atoms with Gasteiger partial charge in [-0.2, -0.15) is 0 Å². The van der Waals surface area contributed by atoms with Gasteiger partial charge in [-0.1, -0.05) is 52.0 Å². The molecule has 2 aromatic rings. The second-order valence-corrected chi connectivity index (χ2v) is 12.3. The van der Waals surface area contributed by atoms with Gasteiger partial charge >= 0.3 is 0 Å². The Bertz CT molecular complexity index is 1050. The molecule has 0 radical (unpaired) electrons. The highest BCUT2D eigenvalue weighted by molar-refractivity contribution is 9.10. The fourth-order valence-electron chi connectivity index (χ4n) is 5.31. The van der Waals surface area contributed by atoms with Gasteiger partial charge in [0.05, 0.1) is 0 Å². The number of nitrogens with zero attached hydrogens (tertiary/aromatic N) is 1. The Kier molecular flexibility index (Phi) is 7.63. The molecule has 1 aromatic heterocycles. The Morgan fingerprint density at radius 1 is 1.12 bits per heavy atom. The van der Waals surface area contributed by atoms with Crippen molar-refractivity contribution in [2.45, 2.75) is 71.5 Å². The largest absolute Gasteiger partial charge is 0.342 e. The second-order valence-electron chi connectivity index (χ2n) is 10.4. The van der Waals surface area contributed by atoms with Crippen LogP contribution in [0.5, 0.6) is 0 Å². The summed E-state index contributed by atoms with van der Waals surface area (Å²) < 4.78 is 0.881. The SMILES string of the molecule is CC(C)CC(=O)[C@@H](c1cc(Br)cs1)N1C(=O)[C@@H](C2Cc3ccccc3C2)NC(=O)[C@H]1CC(C)C. The van der Waals surface area contributed by atoms with Crippen molar-refractivity contribution in [1.29, 1.82) is 0 Å². The fraction of sp³-hybridized carbons (Fsp3) is 0.519. The maximum Gasteiger partial charge on any atom is 0.247 e. The van der Waals surface area contributed by atoms with E-state index < -0.39 is 18.1 Å². The van der Waals surface area contributed by atoms with E-state index >= 15 is 0 Å². The van der Waals surface area contributed by atoms with Crippen LogP contribution in [0.2, 0.25) is 0 Å². The second kappa shape index (κ2) is 10.3. The number of rotatable bonds is 8. The molecule has 1 aliphatic heterocycles. The highest BCUT2D eigenvalue weighted by atomic mass is 79.9. The molecule has 1 aliphatic carbocycles. The molecule has 1 fully saturated rings. The molecule has 2 amide bonds. The van der Waals surface area contributed by atoms with E-state index in [0.717, 1.165) is 22.2 Å². The van der Waals surface area contributed by atoms with Crippen molar-refractivity contribution in [2.75, 3.05) is 0 Å². The van der Waals surface area contributed by atoms with Crippen LogP contribution < -0.4 is 5.32 Å². The van der Waals surface area contributed by atoms with E-state index in [1.165, 1.54) is 22.5 Å². The molecular weight excluding hydrogens is 512 g/mol. The molecule has 0 unspecified atom stereocenters. The maximum absolute atomic E-state index is 14.2. The Balaban J connectivity index is 1.73. The van der Waals surface area contributed by atoms with Gasteiger partial charge in [-0.05, 0) is 70.1 Å². The summed E-state index contributed by atoms with van der Waals surface area (Å²) in [4.78, 5) is 43.7. The van der Waals surface area contributed by atoms with E-state index in [1.54, 1.807) is 4.90 Å². The number of fused-ring (bicyclic) bond motifs is 1. The minimum absolute atomic E-state index is 0.00499. The first kappa shape index (κ1) is 25.1. The van der Waals surface area contributed by atoms with Gasteiger partial charge in [0.25, 0.3) is 0 Å². The van der Waals surface area contributed by atoms with E-state index in [2.05, 4.69) is 33.4 Å². The standard InChI is InChI=1S/C27H33BrN2O3S/c1-15(2)9-21-26(32)29-24(19-11-17-7-5-6-8-18(17)12-19)27(33)30(21)25(22(31)10-16(3)4)23-13-20(28)14-34-23/h5-8,13-16,19,21,24-25H,9-12H2,1-4H3,(H,29,32)/t21-,24-,25+/m1/s1. The van der Waals surface area contributed by atoms with Gasteiger partial charge in [0.1, 0.15) is 18.1 Å². The average molecular weight is 546 g/mol. The Hall–Kier alpha value is -1.99. The molecule has 1 N–H and O–H groups in total. The van der Waals surface area contributed by atoms with Crippen molar-refractivity contribution in [1.82, 2.24) is 10.2 Å². The molecule has 0 bridgehead atoms. The number of hydrogen-bond donors (Lipinski definition) is 1. The third-order valence-electron chi connectivity index (χ3n) is 6.76. The van der Waals surface area contributed by atoms with Crippen LogP contribution in [-0.4, -0.2) is 34.6 Å². The van der Waals surface area contributed by atoms with Crippen molar-refractivity contribution in [3.05, 3.63) is 56.2 Å². The Labute approximate surface area is 214 Å². The van der Waals surface area contributed by atoms with Gasteiger partial charge in [0.2, 0.25) is 11.8 Å². The van der Waals surface area contributed by atoms with Crippen molar-refractivity contribution >= 4 is 44.9 Å². The van der Waals surface area contributed by atoms with Crippen LogP contribution in [0, 0.1) is 17.8 Å². The monoisotopic (exact) mass is 544 g/mol. The lowest BCUT2D eigenvalue weighted by molar-refractivity contribution is -0.157. The van der Waals surface area contributed by atoms with Crippen molar-refractivity contribution in [3.63, 3.8) is 0 Å². The van der Waals surface area contributed by atoms with E-state index in [9.17, 15) is 14.4 Å². The van der Waals surface area contributed by atoms with Gasteiger partial charge in [-0.15, -0.1) is 11.3 Å². The minimum atomic E-state index is -0.743. The number of hydrogen-bond acceptors (Lipinski definition) is 4. The van der Waals surface area contributed by atoms with Gasteiger partial charge in [0, 0.05) is 21.2 Å². The Morgan fingerprint density at radius 2 is 1.76 bits per heavy atom. The number of thiophene rings is 1. The van der Waals surface area contributed by atoms with Crippen molar-refractivity contribution in [2.24, 2.45) is 17.8 Å². The summed E-state index contributed by atoms with van der Waals surface area (Å²) in [6.07, 6.45) is 2.39. The number of ketones is 1. The molecule has 182 valence electrons. The molecule has 2 heterocycles. The molecule has 4 rings (SSSR count). The molecule has 2 aliphatic rings. The first-order valence-electron chi connectivity index (χ1n) is 12.1. The van der Waals surface area contributed by atoms with Gasteiger partial charge in [0.15, 0.2) is 5.78 Å². The number of benzene rings is 1. The molecule has 1 aromatic carbocycles. The van der Waals surface area contributed by atoms with E-state index in [1.807, 2.05) is 51.3 Å². The topological polar surface area (TPSA) is 66.5 Å². The van der Waals surface area contributed by atoms with E-state index in [0.29, 0.717) is 12.8 Å². The van der Waals surface area contributed by atoms with Gasteiger partial charge in [-0.3, -0.25) is 14.4 Å². The molecule has 0 spiro atoms. The number of halogens is 1. The van der Waals surface area contributed by atoms with Crippen LogP contribution in [0.3, 0.4) is 0 Å². The summed E-state index contributed by atoms with van der Waals surface area (Å²) in [5, 5.41) is 5.00. The summed E-state index contributed by atoms with van der Waals surface area (Å²) in [6, 6.07) is 8.12. The van der Waals surface area contributed by atoms with Crippen LogP contribution in [0.1, 0.15) is 62.6 Å². The minimum Gasteiger partial charge on any atom is -0.342 e. The molecular formula is C27H33BrN2O3S. The number of carbonyl (C=O) groups is 3. The summed E-state index contributed by atoms with van der Waals surface area (Å²) in [5.41, 5.74) is 2.47. The summed E-state index contributed by atoms with van der Waals surface area (Å²) in [7, 11) is 0. The number of carbonyl (C=O) groups excluding carboxylic acids is 3. The predicted octanol–water partition coefficient (Wildman–Crippen LogP) is 5.32. The molecule has 1 saturated heterocycles. The first-order chi connectivity index (χ1) is 16.2. The molecule has 3 atom stereocenters. The number of Topliss-reactive ketones (excluding diaryl/α,β-unsaturated/α-hetero) is 1. The van der Waals surface area contributed by atoms with E-state index in [4.69, 9.17) is 0 Å². The molecule has 34 heavy (non-hydrogen) atoms. The normalized spacial score (nSPS) is 21.8. The fourth-order valence-corrected chi connectivity index (χ4v) is 6.87. The lowest BCUT2D eigenvalue weighted by Gasteiger charge is -2.44. The summed E-state index contributed by atoms with van der Waals surface area (Å²) in [5.74, 6) is 0.0776. The maximum atomic E-state index is 14.2. The van der Waals surface area contributed by atoms with E-state index in [-0.39, 0.29) is 35.4 Å². The van der Waals surface area contributed by atoms with Crippen LogP contribution in [0.4, 0.5) is 0 Å². The highest BCUT2D eigenvalue weighted by Crippen LogP contribution is 2.38. The van der Waals surface area contributed by atoms with Crippen molar-refractivity contribution < 1.29 is 14.4 Å². The quantitative estimate of drug-likeness (QED) is 0.488. The van der Waals surface area contributed by atoms with Crippen LogP contribution in [0.25, 0.3) is 0 Å². The highest BCUT2D eigenvalue weighted by Gasteiger charge is 2.49. The zero-order valence-corrected chi connectivity index (χ0v) is 22.6. The molecule has 5 nitrogen and oxygen atoms in total. The summed E-state index contributed by atoms with van der Waals surface area (Å²) in [6.45, 7) is 8.10. The van der Waals surface area contributed by atoms with Crippen LogP contribution in [-0.2, 0) is 27.2 Å². The average Bonchev–Trinajstić information content (AvgIpc) is 3.38. The lowest BCUT2D eigenvalue weighted by atomic mass is 9.87. The predicted molar refractivity (Wildman–Crippen MR) is 139 cm³/mol. The summed E-state index contributed by atoms with van der Waals surface area (Å²) >= 11 is 4.97. The lowest BCUT2D eigenvalue weighted by Crippen LogP contribution is -2.66. The van der Waals surface area contributed by atoms with Crippen molar-refractivity contribution in [3.8, 4) is 0 Å². The number of piperazine rings is 1.